The molecule has 6 nitrogen and oxygen atoms in total. The van der Waals surface area contributed by atoms with E-state index in [4.69, 9.17) is 10.2 Å². The zero-order chi connectivity index (χ0) is 8.20. The molecule has 0 atom stereocenters. The molecule has 0 aliphatic carbocycles. The van der Waals surface area contributed by atoms with Gasteiger partial charge < -0.3 is 29.1 Å². The van der Waals surface area contributed by atoms with Crippen LogP contribution >= 0.6 is 7.82 Å². The molecule has 0 saturated carbocycles. The van der Waals surface area contributed by atoms with E-state index in [1.54, 1.807) is 0 Å². The number of hydrogen-bond acceptors (Lipinski definition) is 6. The Morgan fingerprint density at radius 3 is 1.67 bits per heavy atom. The van der Waals surface area contributed by atoms with Gasteiger partial charge in [0.25, 0.3) is 0 Å². The van der Waals surface area contributed by atoms with Crippen molar-refractivity contribution in [3.8, 4) is 0 Å². The van der Waals surface area contributed by atoms with Gasteiger partial charge in [-0.05, 0) is 0 Å². The molecular weight excluding hydrogens is 241 g/mol. The van der Waals surface area contributed by atoms with Crippen LogP contribution in [0.2, 0.25) is 0 Å². The second kappa shape index (κ2) is 10.8. The molecule has 0 saturated heterocycles. The van der Waals surface area contributed by atoms with Crippen molar-refractivity contribution < 1.29 is 132 Å². The number of aliphatic hydroxyl groups is 2. The number of phosphoric ester groups is 1. The van der Waals surface area contributed by atoms with Crippen LogP contribution in [0.1, 0.15) is 0 Å². The van der Waals surface area contributed by atoms with Crippen LogP contribution in [0.4, 0.5) is 0 Å². The predicted octanol–water partition coefficient (Wildman–Crippen LogP) is -8.81. The van der Waals surface area contributed by atoms with Crippen molar-refractivity contribution >= 4 is 7.82 Å². The molecule has 2 N–H and O–H groups in total. The van der Waals surface area contributed by atoms with Gasteiger partial charge in [-0.1, -0.05) is 0 Å². The first-order chi connectivity index (χ1) is 4.49. The van der Waals surface area contributed by atoms with Gasteiger partial charge in [-0.3, -0.25) is 0 Å². The summed E-state index contributed by atoms with van der Waals surface area (Å²) in [6.07, 6.45) is -1.33. The number of phosphoric acid groups is 1. The van der Waals surface area contributed by atoms with Gasteiger partial charge in [0.05, 0.1) is 21.0 Å². The normalized spacial score (nSPS) is 10.4. The van der Waals surface area contributed by atoms with Gasteiger partial charge in [0.2, 0.25) is 0 Å². The standard InChI is InChI=1S/C3H9O6P.2K/c4-1-3(2-5)9-10(6,7)8;;/h3-5H,1-2H2,(H2,6,7,8);;/q;2*+1/p-2. The summed E-state index contributed by atoms with van der Waals surface area (Å²) in [6, 6.07) is 0. The van der Waals surface area contributed by atoms with E-state index in [2.05, 4.69) is 4.52 Å². The summed E-state index contributed by atoms with van der Waals surface area (Å²) in [6.45, 7) is -1.41. The smallest absolute Gasteiger partial charge is 0.790 e. The van der Waals surface area contributed by atoms with Crippen LogP contribution in [-0.4, -0.2) is 29.5 Å². The summed E-state index contributed by atoms with van der Waals surface area (Å²) in [5.74, 6) is 0. The molecular formula is C3H7K2O6P. The maximum absolute atomic E-state index is 9.79. The first kappa shape index (κ1) is 20.7. The summed E-state index contributed by atoms with van der Waals surface area (Å²) in [7, 11) is -5.07. The van der Waals surface area contributed by atoms with Crippen molar-refractivity contribution in [1.29, 1.82) is 0 Å². The number of hydrogen-bond donors (Lipinski definition) is 2. The molecule has 0 fully saturated rings. The second-order valence-electron chi connectivity index (χ2n) is 1.54. The quantitative estimate of drug-likeness (QED) is 0.377. The van der Waals surface area contributed by atoms with Gasteiger partial charge in [0.15, 0.2) is 0 Å². The van der Waals surface area contributed by atoms with Crippen molar-refractivity contribution in [3.05, 3.63) is 0 Å². The average molecular weight is 248 g/mol. The van der Waals surface area contributed by atoms with Crippen molar-refractivity contribution in [2.24, 2.45) is 0 Å². The summed E-state index contributed by atoms with van der Waals surface area (Å²) in [5, 5.41) is 16.4. The van der Waals surface area contributed by atoms with Crippen LogP contribution in [0.25, 0.3) is 0 Å². The Morgan fingerprint density at radius 1 is 1.25 bits per heavy atom. The average Bonchev–Trinajstić information content (AvgIpc) is 1.81. The van der Waals surface area contributed by atoms with Gasteiger partial charge in [0.1, 0.15) is 6.10 Å². The van der Waals surface area contributed by atoms with E-state index in [1.165, 1.54) is 0 Å². The number of aliphatic hydroxyl groups excluding tert-OH is 2. The van der Waals surface area contributed by atoms with E-state index >= 15 is 0 Å². The molecule has 0 aliphatic heterocycles. The van der Waals surface area contributed by atoms with Gasteiger partial charge in [0, 0.05) is 0 Å². The minimum Gasteiger partial charge on any atom is -0.790 e. The molecule has 0 unspecified atom stereocenters. The summed E-state index contributed by atoms with van der Waals surface area (Å²) < 4.78 is 13.5. The van der Waals surface area contributed by atoms with Crippen LogP contribution in [0.15, 0.2) is 0 Å². The third-order valence-electron chi connectivity index (χ3n) is 0.685. The molecule has 0 aromatic rings. The van der Waals surface area contributed by atoms with Gasteiger partial charge in [-0.15, -0.1) is 0 Å². The third kappa shape index (κ3) is 13.3. The predicted molar refractivity (Wildman–Crippen MR) is 26.7 cm³/mol. The van der Waals surface area contributed by atoms with E-state index in [0.717, 1.165) is 0 Å². The van der Waals surface area contributed by atoms with Crippen molar-refractivity contribution in [2.45, 2.75) is 6.10 Å². The zero-order valence-corrected chi connectivity index (χ0v) is 14.1. The Labute approximate surface area is 155 Å². The Bertz CT molecular complexity index is 133. The summed E-state index contributed by atoms with van der Waals surface area (Å²) in [4.78, 5) is 19.6. The first-order valence-electron chi connectivity index (χ1n) is 2.41. The summed E-state index contributed by atoms with van der Waals surface area (Å²) >= 11 is 0. The largest absolute Gasteiger partial charge is 1.00 e. The Balaban J connectivity index is -0.000000405. The van der Waals surface area contributed by atoms with Gasteiger partial charge in [-0.2, -0.15) is 0 Å². The molecule has 0 aliphatic rings. The van der Waals surface area contributed by atoms with Crippen molar-refractivity contribution in [2.75, 3.05) is 13.2 Å². The molecule has 62 valence electrons. The molecule has 0 rings (SSSR count). The molecule has 0 aromatic heterocycles. The molecule has 0 spiro atoms. The Hall–Kier alpha value is 3.30. The van der Waals surface area contributed by atoms with E-state index in [0.29, 0.717) is 0 Å². The fraction of sp³-hybridized carbons (Fsp3) is 1.00. The van der Waals surface area contributed by atoms with Crippen molar-refractivity contribution in [3.63, 3.8) is 0 Å². The fourth-order valence-corrected chi connectivity index (χ4v) is 0.805. The van der Waals surface area contributed by atoms with E-state index in [1.807, 2.05) is 0 Å². The van der Waals surface area contributed by atoms with E-state index in [9.17, 15) is 14.4 Å². The Kier molecular flexibility index (Phi) is 18.6. The summed E-state index contributed by atoms with van der Waals surface area (Å²) in [5.41, 5.74) is 0. The molecule has 0 radical (unpaired) electrons. The van der Waals surface area contributed by atoms with Crippen LogP contribution in [0, 0.1) is 0 Å². The molecule has 12 heavy (non-hydrogen) atoms. The molecule has 0 aromatic carbocycles. The van der Waals surface area contributed by atoms with Crippen LogP contribution in [0.3, 0.4) is 0 Å². The molecule has 9 heteroatoms. The minimum absolute atomic E-state index is 0. The maximum atomic E-state index is 9.79. The second-order valence-corrected chi connectivity index (χ2v) is 2.65. The van der Waals surface area contributed by atoms with Gasteiger partial charge >= 0.3 is 103 Å². The van der Waals surface area contributed by atoms with Crippen LogP contribution in [-0.2, 0) is 9.09 Å². The van der Waals surface area contributed by atoms with E-state index in [-0.39, 0.29) is 103 Å². The first-order valence-corrected chi connectivity index (χ1v) is 3.88. The van der Waals surface area contributed by atoms with Crippen LogP contribution in [0.5, 0.6) is 0 Å². The van der Waals surface area contributed by atoms with Gasteiger partial charge in [-0.25, -0.2) is 0 Å². The molecule has 0 heterocycles. The fourth-order valence-electron chi connectivity index (χ4n) is 0.307. The zero-order valence-electron chi connectivity index (χ0n) is 6.97. The van der Waals surface area contributed by atoms with Crippen molar-refractivity contribution in [1.82, 2.24) is 0 Å². The third-order valence-corrected chi connectivity index (χ3v) is 1.24. The topological polar surface area (TPSA) is 113 Å². The SMILES string of the molecule is O=P([O-])([O-])OC(CO)CO.[K+].[K+]. The number of rotatable bonds is 4. The monoisotopic (exact) mass is 248 g/mol. The molecule has 0 amide bonds. The minimum atomic E-state index is -5.07. The maximum Gasteiger partial charge on any atom is 1.00 e. The van der Waals surface area contributed by atoms with E-state index < -0.39 is 27.1 Å². The molecule has 0 bridgehead atoms. The Morgan fingerprint density at radius 2 is 1.58 bits per heavy atom. The van der Waals surface area contributed by atoms with Crippen LogP contribution < -0.4 is 113 Å².